The van der Waals surface area contributed by atoms with Crippen LogP contribution in [0.1, 0.15) is 67.7 Å². The third-order valence-corrected chi connectivity index (χ3v) is 7.99. The minimum atomic E-state index is -1.85. The summed E-state index contributed by atoms with van der Waals surface area (Å²) in [6.07, 6.45) is 4.13. The number of nitrogens with zero attached hydrogens (tertiary/aromatic N) is 3. The van der Waals surface area contributed by atoms with Crippen molar-refractivity contribution >= 4 is 22.8 Å². The molecular formula is C31H37N3O7. The summed E-state index contributed by atoms with van der Waals surface area (Å²) in [7, 11) is 5.41. The minimum absolute atomic E-state index is 0.101. The number of pyridine rings is 2. The van der Waals surface area contributed by atoms with Crippen molar-refractivity contribution in [1.82, 2.24) is 14.5 Å². The number of fused-ring (bicyclic) bond motifs is 5. The zero-order valence-corrected chi connectivity index (χ0v) is 24.1. The Bertz CT molecular complexity index is 1560. The molecule has 1 atom stereocenters. The predicted molar refractivity (Wildman–Crippen MR) is 153 cm³/mol. The second-order valence-corrected chi connectivity index (χ2v) is 11.0. The number of hydrogen-bond acceptors (Lipinski definition) is 9. The first-order valence-electron chi connectivity index (χ1n) is 14.1. The van der Waals surface area contributed by atoms with Crippen molar-refractivity contribution in [2.75, 3.05) is 27.8 Å². The number of methoxy groups -OCH3 is 1. The molecule has 0 saturated heterocycles. The number of ether oxygens (including phenoxy) is 3. The largest absolute Gasteiger partial charge is 0.493 e. The van der Waals surface area contributed by atoms with Gasteiger partial charge in [0.15, 0.2) is 5.60 Å². The number of unbranched alkanes of at least 4 members (excludes halogenated alkanes) is 3. The van der Waals surface area contributed by atoms with E-state index in [0.717, 1.165) is 53.5 Å². The average Bonchev–Trinajstić information content (AvgIpc) is 3.32. The molecule has 4 heterocycles. The van der Waals surface area contributed by atoms with Crippen molar-refractivity contribution in [1.29, 1.82) is 0 Å². The quantitative estimate of drug-likeness (QED) is 0.215. The second-order valence-electron chi connectivity index (χ2n) is 11.0. The Labute approximate surface area is 238 Å². The number of cyclic esters (lactones) is 1. The van der Waals surface area contributed by atoms with E-state index < -0.39 is 11.6 Å². The lowest BCUT2D eigenvalue weighted by Crippen LogP contribution is -2.44. The van der Waals surface area contributed by atoms with Gasteiger partial charge in [0.2, 0.25) is 0 Å². The highest BCUT2D eigenvalue weighted by Gasteiger charge is 2.45. The fourth-order valence-corrected chi connectivity index (χ4v) is 5.71. The maximum atomic E-state index is 13.5. The molecule has 0 fully saturated rings. The van der Waals surface area contributed by atoms with Crippen molar-refractivity contribution < 1.29 is 28.9 Å². The Kier molecular flexibility index (Phi) is 8.15. The second kappa shape index (κ2) is 11.6. The zero-order chi connectivity index (χ0) is 29.3. The fraction of sp³-hybridized carbons (Fsp3) is 0.484. The molecule has 10 nitrogen and oxygen atoms in total. The number of carbonyl (C=O) groups excluding carboxylic acids is 2. The van der Waals surface area contributed by atoms with Crippen LogP contribution in [0, 0.1) is 0 Å². The van der Waals surface area contributed by atoms with Crippen LogP contribution in [0.15, 0.2) is 29.1 Å². The van der Waals surface area contributed by atoms with Crippen LogP contribution in [0.2, 0.25) is 0 Å². The lowest BCUT2D eigenvalue weighted by Gasteiger charge is -2.31. The lowest BCUT2D eigenvalue weighted by molar-refractivity contribution is -0.172. The third kappa shape index (κ3) is 5.34. The number of esters is 2. The first-order chi connectivity index (χ1) is 19.7. The average molecular weight is 564 g/mol. The minimum Gasteiger partial charge on any atom is -0.493 e. The van der Waals surface area contributed by atoms with Crippen LogP contribution < -0.4 is 10.3 Å². The van der Waals surface area contributed by atoms with Gasteiger partial charge in [-0.25, -0.2) is 9.78 Å². The molecular weight excluding hydrogens is 526 g/mol. The maximum absolute atomic E-state index is 13.5. The first kappa shape index (κ1) is 28.8. The summed E-state index contributed by atoms with van der Waals surface area (Å²) in [5.41, 5.74) is 2.45. The lowest BCUT2D eigenvalue weighted by atomic mass is 9.86. The van der Waals surface area contributed by atoms with Gasteiger partial charge in [-0.15, -0.1) is 0 Å². The van der Waals surface area contributed by atoms with E-state index in [2.05, 4.69) is 11.0 Å². The van der Waals surface area contributed by atoms with E-state index in [0.29, 0.717) is 48.6 Å². The van der Waals surface area contributed by atoms with Gasteiger partial charge in [0.25, 0.3) is 5.56 Å². The molecule has 5 rings (SSSR count). The molecule has 10 heteroatoms. The van der Waals surface area contributed by atoms with Gasteiger partial charge in [-0.2, -0.15) is 0 Å². The summed E-state index contributed by atoms with van der Waals surface area (Å²) in [5, 5.41) is 12.1. The first-order valence-corrected chi connectivity index (χ1v) is 14.1. The van der Waals surface area contributed by atoms with E-state index in [-0.39, 0.29) is 24.6 Å². The maximum Gasteiger partial charge on any atom is 0.343 e. The van der Waals surface area contributed by atoms with E-state index in [9.17, 15) is 19.5 Å². The van der Waals surface area contributed by atoms with Crippen LogP contribution in [-0.4, -0.2) is 59.3 Å². The van der Waals surface area contributed by atoms with Crippen molar-refractivity contribution in [3.63, 3.8) is 0 Å². The van der Waals surface area contributed by atoms with Crippen LogP contribution in [0.3, 0.4) is 0 Å². The summed E-state index contributed by atoms with van der Waals surface area (Å²) in [5.74, 6) is -0.108. The summed E-state index contributed by atoms with van der Waals surface area (Å²) in [6, 6.07) is 7.68. The third-order valence-electron chi connectivity index (χ3n) is 7.99. The molecule has 1 aromatic carbocycles. The highest BCUT2D eigenvalue weighted by atomic mass is 16.6. The molecule has 0 amide bonds. The molecule has 41 heavy (non-hydrogen) atoms. The SMILES string of the molecule is CC[C@@]1(O)C(=O)OCc2c1cc1n(c2=O)Cc2cc3c(CN(C)C)c(OCCCCCCC(=O)OC)ccc3nc2-1. The summed E-state index contributed by atoms with van der Waals surface area (Å²) < 4.78 is 17.7. The molecule has 2 aliphatic heterocycles. The van der Waals surface area contributed by atoms with E-state index in [1.165, 1.54) is 7.11 Å². The van der Waals surface area contributed by atoms with Crippen LogP contribution in [-0.2, 0) is 44.4 Å². The molecule has 0 radical (unpaired) electrons. The molecule has 2 aromatic heterocycles. The van der Waals surface area contributed by atoms with Gasteiger partial charge in [-0.1, -0.05) is 19.8 Å². The van der Waals surface area contributed by atoms with Gasteiger partial charge in [0, 0.05) is 35.0 Å². The van der Waals surface area contributed by atoms with Gasteiger partial charge in [-0.05, 0) is 57.6 Å². The van der Waals surface area contributed by atoms with Gasteiger partial charge in [0.1, 0.15) is 12.4 Å². The van der Waals surface area contributed by atoms with Crippen LogP contribution in [0.25, 0.3) is 22.3 Å². The van der Waals surface area contributed by atoms with Crippen molar-refractivity contribution in [3.8, 4) is 17.1 Å². The number of carbonyl (C=O) groups is 2. The molecule has 0 saturated carbocycles. The smallest absolute Gasteiger partial charge is 0.343 e. The number of aromatic nitrogens is 2. The Balaban J connectivity index is 1.44. The Morgan fingerprint density at radius 1 is 1.17 bits per heavy atom. The van der Waals surface area contributed by atoms with E-state index >= 15 is 0 Å². The molecule has 0 unspecified atom stereocenters. The topological polar surface area (TPSA) is 120 Å². The van der Waals surface area contributed by atoms with Crippen molar-refractivity contribution in [2.24, 2.45) is 0 Å². The normalized spacial score (nSPS) is 17.3. The van der Waals surface area contributed by atoms with E-state index in [1.807, 2.05) is 26.2 Å². The van der Waals surface area contributed by atoms with Crippen molar-refractivity contribution in [3.05, 3.63) is 56.9 Å². The number of benzene rings is 1. The van der Waals surface area contributed by atoms with Crippen LogP contribution >= 0.6 is 0 Å². The Morgan fingerprint density at radius 3 is 2.68 bits per heavy atom. The van der Waals surface area contributed by atoms with Gasteiger partial charge in [0.05, 0.1) is 42.7 Å². The van der Waals surface area contributed by atoms with Crippen LogP contribution in [0.4, 0.5) is 0 Å². The van der Waals surface area contributed by atoms with Crippen molar-refractivity contribution in [2.45, 2.75) is 70.7 Å². The van der Waals surface area contributed by atoms with E-state index in [4.69, 9.17) is 19.2 Å². The molecule has 1 N–H and O–H groups in total. The molecule has 0 bridgehead atoms. The van der Waals surface area contributed by atoms with Crippen LogP contribution in [0.5, 0.6) is 5.75 Å². The number of rotatable bonds is 11. The molecule has 0 aliphatic carbocycles. The molecule has 218 valence electrons. The number of aliphatic hydroxyl groups is 1. The summed E-state index contributed by atoms with van der Waals surface area (Å²) in [6.45, 7) is 3.10. The Morgan fingerprint density at radius 2 is 1.95 bits per heavy atom. The molecule has 0 spiro atoms. The Hall–Kier alpha value is -3.76. The zero-order valence-electron chi connectivity index (χ0n) is 24.1. The predicted octanol–water partition coefficient (Wildman–Crippen LogP) is 3.64. The standard InChI is InChI=1S/C31H37N3O7/c1-5-31(38)23-15-25-28-19(16-34(25)29(36)22(23)18-41-30(31)37)14-20-21(17-33(2)3)26(12-11-24(20)32-28)40-13-9-7-6-8-10-27(35)39-4/h11-12,14-15,38H,5-10,13,16-18H2,1-4H3/t31-/m0/s1. The van der Waals surface area contributed by atoms with Gasteiger partial charge >= 0.3 is 11.9 Å². The van der Waals surface area contributed by atoms with E-state index in [1.54, 1.807) is 17.6 Å². The monoisotopic (exact) mass is 563 g/mol. The fourth-order valence-electron chi connectivity index (χ4n) is 5.71. The highest BCUT2D eigenvalue weighted by molar-refractivity contribution is 5.89. The summed E-state index contributed by atoms with van der Waals surface area (Å²) in [4.78, 5) is 44.3. The van der Waals surface area contributed by atoms with Gasteiger partial charge in [-0.3, -0.25) is 9.59 Å². The highest BCUT2D eigenvalue weighted by Crippen LogP contribution is 2.40. The summed E-state index contributed by atoms with van der Waals surface area (Å²) >= 11 is 0. The number of hydrogen-bond donors (Lipinski definition) is 1. The van der Waals surface area contributed by atoms with Gasteiger partial charge < -0.3 is 28.8 Å². The molecule has 2 aliphatic rings. The molecule has 3 aromatic rings.